The van der Waals surface area contributed by atoms with Gasteiger partial charge >= 0.3 is 19.2 Å². The molecule has 8 nitrogen and oxygen atoms in total. The summed E-state index contributed by atoms with van der Waals surface area (Å²) in [6.07, 6.45) is 42.6. The van der Waals surface area contributed by atoms with E-state index in [0.29, 0.717) is 23.5 Å². The average molecular weight is 799 g/mol. The second-order valence-corrected chi connectivity index (χ2v) is 20.3. The van der Waals surface area contributed by atoms with Gasteiger partial charge in [0.1, 0.15) is 6.61 Å². The SMILES string of the molecule is CCCCC/C=C\C/C=C\C/C=C\C/C=C\CCCC(=O)OC(COC(=O)CCCCCCCCCCCCCCC)COP(=O)(O)PCC[N+](C)(C)C. The van der Waals surface area contributed by atoms with E-state index in [0.717, 1.165) is 51.5 Å². The Morgan fingerprint density at radius 3 is 1.57 bits per heavy atom. The summed E-state index contributed by atoms with van der Waals surface area (Å²) in [5.41, 5.74) is 0. The predicted octanol–water partition coefficient (Wildman–Crippen LogP) is 12.6. The van der Waals surface area contributed by atoms with E-state index >= 15 is 0 Å². The van der Waals surface area contributed by atoms with Crippen LogP contribution in [0.25, 0.3) is 0 Å². The van der Waals surface area contributed by atoms with Crippen molar-refractivity contribution in [2.45, 2.75) is 174 Å². The van der Waals surface area contributed by atoms with Gasteiger partial charge in [0.25, 0.3) is 0 Å². The Morgan fingerprint density at radius 1 is 0.611 bits per heavy atom. The van der Waals surface area contributed by atoms with Crippen LogP contribution in [0.15, 0.2) is 48.6 Å². The Labute approximate surface area is 333 Å². The molecule has 54 heavy (non-hydrogen) atoms. The largest absolute Gasteiger partial charge is 0.462 e. The van der Waals surface area contributed by atoms with Crippen LogP contribution in [0.1, 0.15) is 168 Å². The molecule has 0 fully saturated rings. The fourth-order valence-corrected chi connectivity index (χ4v) is 8.75. The minimum Gasteiger partial charge on any atom is -0.462 e. The van der Waals surface area contributed by atoms with E-state index in [1.54, 1.807) is 0 Å². The molecule has 0 rings (SSSR count). The smallest absolute Gasteiger partial charge is 0.344 e. The zero-order valence-corrected chi connectivity index (χ0v) is 37.2. The second kappa shape index (κ2) is 37.0. The van der Waals surface area contributed by atoms with Crippen LogP contribution in [0.4, 0.5) is 0 Å². The first-order valence-corrected chi connectivity index (χ1v) is 25.1. The highest BCUT2D eigenvalue weighted by Crippen LogP contribution is 2.60. The lowest BCUT2D eigenvalue weighted by molar-refractivity contribution is -0.867. The minimum atomic E-state index is -3.86. The van der Waals surface area contributed by atoms with E-state index in [1.165, 1.54) is 89.9 Å². The van der Waals surface area contributed by atoms with Gasteiger partial charge in [-0.25, -0.2) is 0 Å². The number of rotatable bonds is 38. The Hall–Kier alpha value is -1.56. The monoisotopic (exact) mass is 799 g/mol. The summed E-state index contributed by atoms with van der Waals surface area (Å²) in [5.74, 6) is -0.788. The van der Waals surface area contributed by atoms with E-state index in [9.17, 15) is 19.0 Å². The molecule has 0 aromatic carbocycles. The van der Waals surface area contributed by atoms with Gasteiger partial charge in [0.15, 0.2) is 6.10 Å². The van der Waals surface area contributed by atoms with Crippen LogP contribution in [0.2, 0.25) is 0 Å². The zero-order chi connectivity index (χ0) is 40.0. The van der Waals surface area contributed by atoms with Crippen molar-refractivity contribution in [3.05, 3.63) is 48.6 Å². The van der Waals surface area contributed by atoms with Crippen molar-refractivity contribution in [3.63, 3.8) is 0 Å². The first-order chi connectivity index (χ1) is 26.0. The molecule has 0 aromatic rings. The van der Waals surface area contributed by atoms with Crippen LogP contribution in [0.5, 0.6) is 0 Å². The lowest BCUT2D eigenvalue weighted by Gasteiger charge is -2.24. The lowest BCUT2D eigenvalue weighted by atomic mass is 10.0. The first kappa shape index (κ1) is 52.4. The molecule has 0 aromatic heterocycles. The van der Waals surface area contributed by atoms with Gasteiger partial charge in [0.2, 0.25) is 0 Å². The van der Waals surface area contributed by atoms with E-state index in [2.05, 4.69) is 62.5 Å². The van der Waals surface area contributed by atoms with Crippen molar-refractivity contribution in [2.24, 2.45) is 0 Å². The van der Waals surface area contributed by atoms with Crippen molar-refractivity contribution in [1.82, 2.24) is 0 Å². The molecule has 0 bridgehead atoms. The summed E-state index contributed by atoms with van der Waals surface area (Å²) >= 11 is 0. The number of hydrogen-bond donors (Lipinski definition) is 1. The van der Waals surface area contributed by atoms with Crippen molar-refractivity contribution in [1.29, 1.82) is 0 Å². The summed E-state index contributed by atoms with van der Waals surface area (Å²) in [4.78, 5) is 35.6. The third kappa shape index (κ3) is 40.1. The highest BCUT2D eigenvalue weighted by atomic mass is 32.1. The molecule has 3 atom stereocenters. The number of quaternary nitrogens is 1. The number of hydrogen-bond acceptors (Lipinski definition) is 6. The molecule has 0 saturated carbocycles. The third-order valence-corrected chi connectivity index (χ3v) is 12.6. The van der Waals surface area contributed by atoms with Crippen molar-refractivity contribution < 1.29 is 37.5 Å². The zero-order valence-electron chi connectivity index (χ0n) is 35.3. The molecule has 0 aliphatic heterocycles. The number of carbonyl (C=O) groups is 2. The Kier molecular flexibility index (Phi) is 36.0. The minimum absolute atomic E-state index is 0.192. The molecule has 0 spiro atoms. The van der Waals surface area contributed by atoms with Gasteiger partial charge in [-0.3, -0.25) is 14.2 Å². The van der Waals surface area contributed by atoms with Crippen LogP contribution in [0, 0.1) is 0 Å². The molecule has 10 heteroatoms. The molecular formula is C44H82NO7P2+. The number of ether oxygens (including phenoxy) is 2. The molecule has 0 amide bonds. The van der Waals surface area contributed by atoms with Gasteiger partial charge < -0.3 is 23.4 Å². The summed E-state index contributed by atoms with van der Waals surface area (Å²) in [6.45, 7) is 4.73. The molecule has 0 radical (unpaired) electrons. The predicted molar refractivity (Wildman–Crippen MR) is 231 cm³/mol. The fraction of sp³-hybridized carbons (Fsp3) is 0.773. The standard InChI is InChI=1S/C44H81NO7P2/c1-6-8-10-12-14-16-18-20-21-22-23-25-27-29-31-33-35-37-44(47)52-42(41-51-54(48,49)53-39-38-45(3,4)5)40-50-43(46)36-34-32-30-28-26-24-19-17-15-13-11-9-7-2/h14,16,20-21,23,25,29,31,42,53H,6-13,15,17-19,22,24,26-28,30,32-41H2,1-5H3/p+1/b16-14-,21-20-,25-23-,31-29-. The molecule has 0 aliphatic carbocycles. The third-order valence-electron chi connectivity index (χ3n) is 8.95. The van der Waals surface area contributed by atoms with Crippen LogP contribution >= 0.6 is 15.6 Å². The maximum atomic E-state index is 12.7. The molecule has 0 aliphatic rings. The average Bonchev–Trinajstić information content (AvgIpc) is 3.12. The maximum Gasteiger partial charge on any atom is 0.344 e. The van der Waals surface area contributed by atoms with Crippen LogP contribution < -0.4 is 0 Å². The van der Waals surface area contributed by atoms with E-state index in [4.69, 9.17) is 14.0 Å². The second-order valence-electron chi connectivity index (χ2n) is 15.5. The normalized spacial score (nSPS) is 14.3. The number of unbranched alkanes of at least 4 members (excludes halogenated alkanes) is 16. The Morgan fingerprint density at radius 2 is 1.06 bits per heavy atom. The molecule has 0 saturated heterocycles. The molecule has 314 valence electrons. The van der Waals surface area contributed by atoms with Gasteiger partial charge in [-0.15, -0.1) is 0 Å². The van der Waals surface area contributed by atoms with Crippen LogP contribution in [0.3, 0.4) is 0 Å². The number of carbonyl (C=O) groups excluding carboxylic acids is 2. The van der Waals surface area contributed by atoms with E-state index in [-0.39, 0.29) is 33.9 Å². The highest BCUT2D eigenvalue weighted by Gasteiger charge is 2.25. The molecule has 1 N–H and O–H groups in total. The maximum absolute atomic E-state index is 12.7. The summed E-state index contributed by atoms with van der Waals surface area (Å²) in [7, 11) is 1.95. The molecule has 3 unspecified atom stereocenters. The van der Waals surface area contributed by atoms with Crippen LogP contribution in [-0.4, -0.2) is 74.5 Å². The number of nitrogens with zero attached hydrogens (tertiary/aromatic N) is 1. The lowest BCUT2D eigenvalue weighted by Crippen LogP contribution is -2.36. The number of esters is 2. The summed E-state index contributed by atoms with van der Waals surface area (Å²) in [5, 5.41) is 0. The Bertz CT molecular complexity index is 1070. The van der Waals surface area contributed by atoms with E-state index in [1.807, 2.05) is 21.1 Å². The van der Waals surface area contributed by atoms with Crippen LogP contribution in [-0.2, 0) is 28.2 Å². The van der Waals surface area contributed by atoms with Crippen molar-refractivity contribution in [2.75, 3.05) is 47.1 Å². The van der Waals surface area contributed by atoms with Gasteiger partial charge in [-0.05, 0) is 51.4 Å². The topological polar surface area (TPSA) is 99.1 Å². The first-order valence-electron chi connectivity index (χ1n) is 21.5. The van der Waals surface area contributed by atoms with Crippen molar-refractivity contribution >= 4 is 27.5 Å². The van der Waals surface area contributed by atoms with Gasteiger partial charge in [0, 0.05) is 27.3 Å². The summed E-state index contributed by atoms with van der Waals surface area (Å²) < 4.78 is 29.8. The summed E-state index contributed by atoms with van der Waals surface area (Å²) in [6, 6.07) is 0. The quantitative estimate of drug-likeness (QED) is 0.0218. The fourth-order valence-electron chi connectivity index (χ4n) is 5.59. The van der Waals surface area contributed by atoms with E-state index < -0.39 is 19.4 Å². The molecule has 0 heterocycles. The number of allylic oxidation sites excluding steroid dienone is 8. The van der Waals surface area contributed by atoms with Crippen molar-refractivity contribution in [3.8, 4) is 0 Å². The van der Waals surface area contributed by atoms with Gasteiger partial charge in [-0.1, -0.05) is 152 Å². The Balaban J connectivity index is 4.49. The highest BCUT2D eigenvalue weighted by molar-refractivity contribution is 8.19. The van der Waals surface area contributed by atoms with Gasteiger partial charge in [-0.2, -0.15) is 0 Å². The van der Waals surface area contributed by atoms with Gasteiger partial charge in [0.05, 0.1) is 34.3 Å². The molecular weight excluding hydrogens is 716 g/mol.